The quantitative estimate of drug-likeness (QED) is 0.761. The van der Waals surface area contributed by atoms with E-state index in [2.05, 4.69) is 0 Å². The molecule has 0 aliphatic heterocycles. The van der Waals surface area contributed by atoms with Gasteiger partial charge in [-0.1, -0.05) is 41.9 Å². The molecule has 0 saturated heterocycles. The summed E-state index contributed by atoms with van der Waals surface area (Å²) in [5, 5.41) is 0.646. The van der Waals surface area contributed by atoms with E-state index in [9.17, 15) is 9.18 Å². The third kappa shape index (κ3) is 2.96. The maximum Gasteiger partial charge on any atom is 0.127 e. The Hall–Kier alpha value is -1.67. The van der Waals surface area contributed by atoms with E-state index < -0.39 is 5.92 Å². The summed E-state index contributed by atoms with van der Waals surface area (Å²) >= 11 is 5.79. The zero-order valence-electron chi connectivity index (χ0n) is 9.64. The minimum absolute atomic E-state index is 0.344. The third-order valence-corrected chi connectivity index (χ3v) is 3.09. The number of hydrogen-bond donors (Lipinski definition) is 0. The Balaban J connectivity index is 2.22. The molecule has 0 amide bonds. The molecule has 0 spiro atoms. The molecule has 1 nitrogen and oxygen atoms in total. The maximum atomic E-state index is 13.6. The Morgan fingerprint density at radius 1 is 1.11 bits per heavy atom. The van der Waals surface area contributed by atoms with Crippen molar-refractivity contribution in [2.75, 3.05) is 0 Å². The molecule has 0 heterocycles. The largest absolute Gasteiger partial charge is 0.303 e. The first-order valence-corrected chi connectivity index (χ1v) is 6.02. The van der Waals surface area contributed by atoms with Gasteiger partial charge in [0, 0.05) is 10.9 Å². The van der Waals surface area contributed by atoms with Crippen molar-refractivity contribution >= 4 is 17.9 Å². The third-order valence-electron chi connectivity index (χ3n) is 2.84. The number of halogens is 2. The van der Waals surface area contributed by atoms with Crippen LogP contribution in [0, 0.1) is 5.82 Å². The average molecular weight is 263 g/mol. The van der Waals surface area contributed by atoms with Gasteiger partial charge in [-0.3, -0.25) is 0 Å². The van der Waals surface area contributed by atoms with Crippen LogP contribution in [-0.4, -0.2) is 6.29 Å². The van der Waals surface area contributed by atoms with Crippen LogP contribution in [0.3, 0.4) is 0 Å². The van der Waals surface area contributed by atoms with Gasteiger partial charge in [0.2, 0.25) is 0 Å². The van der Waals surface area contributed by atoms with Gasteiger partial charge in [-0.05, 0) is 35.7 Å². The summed E-state index contributed by atoms with van der Waals surface area (Å²) in [6.07, 6.45) is 1.26. The van der Waals surface area contributed by atoms with Gasteiger partial charge in [-0.15, -0.1) is 0 Å². The zero-order valence-corrected chi connectivity index (χ0v) is 10.4. The van der Waals surface area contributed by atoms with E-state index in [-0.39, 0.29) is 5.82 Å². The van der Waals surface area contributed by atoms with Gasteiger partial charge in [-0.25, -0.2) is 4.39 Å². The SMILES string of the molecule is O=CC(Cc1ccc(Cl)cc1)c1ccccc1F. The molecule has 2 aromatic carbocycles. The minimum Gasteiger partial charge on any atom is -0.303 e. The van der Waals surface area contributed by atoms with Crippen molar-refractivity contribution in [2.24, 2.45) is 0 Å². The lowest BCUT2D eigenvalue weighted by atomic mass is 9.93. The highest BCUT2D eigenvalue weighted by Gasteiger charge is 2.15. The van der Waals surface area contributed by atoms with Crippen LogP contribution in [0.4, 0.5) is 4.39 Å². The van der Waals surface area contributed by atoms with Gasteiger partial charge in [0.1, 0.15) is 12.1 Å². The number of aldehydes is 1. The standard InChI is InChI=1S/C15H12ClFO/c16-13-7-5-11(6-8-13)9-12(10-18)14-3-1-2-4-15(14)17/h1-8,10,12H,9H2. The molecule has 0 bridgehead atoms. The summed E-state index contributed by atoms with van der Waals surface area (Å²) in [5.41, 5.74) is 1.39. The van der Waals surface area contributed by atoms with Crippen molar-refractivity contribution in [1.82, 2.24) is 0 Å². The van der Waals surface area contributed by atoms with Gasteiger partial charge in [-0.2, -0.15) is 0 Å². The summed E-state index contributed by atoms with van der Waals surface area (Å²) in [5.74, 6) is -0.809. The van der Waals surface area contributed by atoms with Crippen LogP contribution in [0.15, 0.2) is 48.5 Å². The van der Waals surface area contributed by atoms with Crippen molar-refractivity contribution in [2.45, 2.75) is 12.3 Å². The van der Waals surface area contributed by atoms with Crippen LogP contribution in [0.1, 0.15) is 17.0 Å². The smallest absolute Gasteiger partial charge is 0.127 e. The molecule has 0 radical (unpaired) electrons. The number of carbonyl (C=O) groups excluding carboxylic acids is 1. The first-order chi connectivity index (χ1) is 8.70. The number of carbonyl (C=O) groups is 1. The molecule has 0 fully saturated rings. The second kappa shape index (κ2) is 5.78. The summed E-state index contributed by atoms with van der Waals surface area (Å²) in [6, 6.07) is 13.6. The van der Waals surface area contributed by atoms with Gasteiger partial charge in [0.25, 0.3) is 0 Å². The van der Waals surface area contributed by atoms with Gasteiger partial charge < -0.3 is 4.79 Å². The lowest BCUT2D eigenvalue weighted by molar-refractivity contribution is -0.109. The van der Waals surface area contributed by atoms with Crippen LogP contribution in [0.25, 0.3) is 0 Å². The van der Waals surface area contributed by atoms with Crippen LogP contribution in [0.5, 0.6) is 0 Å². The van der Waals surface area contributed by atoms with Crippen molar-refractivity contribution in [3.8, 4) is 0 Å². The fourth-order valence-corrected chi connectivity index (χ4v) is 2.01. The Morgan fingerprint density at radius 2 is 1.78 bits per heavy atom. The van der Waals surface area contributed by atoms with Gasteiger partial charge in [0.15, 0.2) is 0 Å². The normalized spacial score (nSPS) is 12.1. The summed E-state index contributed by atoms with van der Waals surface area (Å²) in [4.78, 5) is 11.1. The van der Waals surface area contributed by atoms with Gasteiger partial charge in [0.05, 0.1) is 0 Å². The van der Waals surface area contributed by atoms with Crippen molar-refractivity contribution in [3.05, 3.63) is 70.5 Å². The molecule has 92 valence electrons. The maximum absolute atomic E-state index is 13.6. The molecular formula is C15H12ClFO. The molecule has 1 unspecified atom stereocenters. The average Bonchev–Trinajstić information content (AvgIpc) is 2.39. The highest BCUT2D eigenvalue weighted by Crippen LogP contribution is 2.22. The molecule has 2 rings (SSSR count). The molecule has 1 atom stereocenters. The van der Waals surface area contributed by atoms with E-state index in [4.69, 9.17) is 11.6 Å². The first kappa shape index (κ1) is 12.8. The molecule has 0 aromatic heterocycles. The van der Waals surface area contributed by atoms with E-state index in [0.717, 1.165) is 11.8 Å². The van der Waals surface area contributed by atoms with E-state index in [1.54, 1.807) is 30.3 Å². The molecule has 3 heteroatoms. The molecular weight excluding hydrogens is 251 g/mol. The lowest BCUT2D eigenvalue weighted by Gasteiger charge is -2.11. The first-order valence-electron chi connectivity index (χ1n) is 5.65. The molecule has 0 saturated carbocycles. The minimum atomic E-state index is -0.465. The highest BCUT2D eigenvalue weighted by molar-refractivity contribution is 6.30. The number of hydrogen-bond acceptors (Lipinski definition) is 1. The predicted molar refractivity (Wildman–Crippen MR) is 70.4 cm³/mol. The Morgan fingerprint density at radius 3 is 2.39 bits per heavy atom. The fraction of sp³-hybridized carbons (Fsp3) is 0.133. The van der Waals surface area contributed by atoms with Crippen molar-refractivity contribution in [1.29, 1.82) is 0 Å². The molecule has 0 N–H and O–H groups in total. The lowest BCUT2D eigenvalue weighted by Crippen LogP contribution is -2.06. The topological polar surface area (TPSA) is 17.1 Å². The monoisotopic (exact) mass is 262 g/mol. The van der Waals surface area contributed by atoms with Crippen LogP contribution in [0.2, 0.25) is 5.02 Å². The van der Waals surface area contributed by atoms with Crippen LogP contribution >= 0.6 is 11.6 Å². The van der Waals surface area contributed by atoms with E-state index in [1.165, 1.54) is 6.07 Å². The molecule has 0 aliphatic carbocycles. The van der Waals surface area contributed by atoms with Crippen molar-refractivity contribution < 1.29 is 9.18 Å². The Kier molecular flexibility index (Phi) is 4.11. The summed E-state index contributed by atoms with van der Waals surface area (Å²) < 4.78 is 13.6. The van der Waals surface area contributed by atoms with E-state index in [0.29, 0.717) is 17.0 Å². The molecule has 0 aliphatic rings. The van der Waals surface area contributed by atoms with E-state index in [1.807, 2.05) is 12.1 Å². The molecule has 2 aromatic rings. The summed E-state index contributed by atoms with van der Waals surface area (Å²) in [7, 11) is 0. The molecule has 18 heavy (non-hydrogen) atoms. The Bertz CT molecular complexity index is 536. The van der Waals surface area contributed by atoms with E-state index >= 15 is 0 Å². The van der Waals surface area contributed by atoms with Crippen LogP contribution in [-0.2, 0) is 11.2 Å². The number of rotatable bonds is 4. The highest BCUT2D eigenvalue weighted by atomic mass is 35.5. The second-order valence-corrected chi connectivity index (χ2v) is 4.53. The van der Waals surface area contributed by atoms with Gasteiger partial charge >= 0.3 is 0 Å². The Labute approximate surface area is 110 Å². The van der Waals surface area contributed by atoms with Crippen molar-refractivity contribution in [3.63, 3.8) is 0 Å². The fourth-order valence-electron chi connectivity index (χ4n) is 1.88. The summed E-state index contributed by atoms with van der Waals surface area (Å²) in [6.45, 7) is 0. The predicted octanol–water partition coefficient (Wildman–Crippen LogP) is 4.00. The van der Waals surface area contributed by atoms with Crippen LogP contribution < -0.4 is 0 Å². The second-order valence-electron chi connectivity index (χ2n) is 4.09. The zero-order chi connectivity index (χ0) is 13.0. The number of benzene rings is 2.